The predicted molar refractivity (Wildman–Crippen MR) is 61.2 cm³/mol. The average Bonchev–Trinajstić information content (AvgIpc) is 2.45. The molecule has 1 rings (SSSR count). The fourth-order valence-electron chi connectivity index (χ4n) is 2.00. The van der Waals surface area contributed by atoms with Crippen molar-refractivity contribution in [2.24, 2.45) is 0 Å². The molecule has 1 unspecified atom stereocenters. The highest BCUT2D eigenvalue weighted by molar-refractivity contribution is 4.89. The largest absolute Gasteiger partial charge is 0.313 e. The van der Waals surface area contributed by atoms with E-state index in [-0.39, 0.29) is 0 Å². The number of hydrogen-bond acceptors (Lipinski definition) is 2. The van der Waals surface area contributed by atoms with Gasteiger partial charge < -0.3 is 5.32 Å². The van der Waals surface area contributed by atoms with Crippen LogP contribution < -0.4 is 5.32 Å². The van der Waals surface area contributed by atoms with Crippen molar-refractivity contribution in [3.05, 3.63) is 0 Å². The van der Waals surface area contributed by atoms with Gasteiger partial charge in [0, 0.05) is 12.6 Å². The molecule has 0 amide bonds. The molecule has 1 fully saturated rings. The molecule has 14 heavy (non-hydrogen) atoms. The van der Waals surface area contributed by atoms with Crippen LogP contribution >= 0.6 is 0 Å². The molecule has 1 aliphatic heterocycles. The predicted octanol–water partition coefficient (Wildman–Crippen LogP) is 1.47. The molecule has 0 spiro atoms. The molecule has 1 heterocycles. The molecule has 0 aromatic heterocycles. The first-order valence-corrected chi connectivity index (χ1v) is 5.76. The minimum Gasteiger partial charge on any atom is -0.313 e. The van der Waals surface area contributed by atoms with E-state index in [0.717, 1.165) is 19.6 Å². The fraction of sp³-hybridized carbons (Fsp3) is 0.833. The van der Waals surface area contributed by atoms with Gasteiger partial charge in [-0.05, 0) is 25.9 Å². The topological polar surface area (TPSA) is 15.3 Å². The Bertz CT molecular complexity index is 175. The molecule has 1 aliphatic rings. The third kappa shape index (κ3) is 4.13. The summed E-state index contributed by atoms with van der Waals surface area (Å²) in [6.07, 6.45) is 10.7. The second-order valence-electron chi connectivity index (χ2n) is 4.03. The van der Waals surface area contributed by atoms with Crippen molar-refractivity contribution in [2.75, 3.05) is 26.2 Å². The number of hydrogen-bond donors (Lipinski definition) is 1. The van der Waals surface area contributed by atoms with Gasteiger partial charge in [0.25, 0.3) is 0 Å². The van der Waals surface area contributed by atoms with Crippen molar-refractivity contribution < 1.29 is 0 Å². The Morgan fingerprint density at radius 2 is 2.29 bits per heavy atom. The van der Waals surface area contributed by atoms with Gasteiger partial charge in [0.15, 0.2) is 0 Å². The first kappa shape index (κ1) is 11.6. The lowest BCUT2D eigenvalue weighted by Gasteiger charge is -2.24. The Morgan fingerprint density at radius 3 is 3.00 bits per heavy atom. The molecule has 0 bridgehead atoms. The maximum Gasteiger partial charge on any atom is 0.0599 e. The van der Waals surface area contributed by atoms with Crippen LogP contribution in [-0.2, 0) is 0 Å². The van der Waals surface area contributed by atoms with Crippen LogP contribution in [0, 0.1) is 12.3 Å². The molecule has 2 nitrogen and oxygen atoms in total. The van der Waals surface area contributed by atoms with Crippen molar-refractivity contribution in [3.63, 3.8) is 0 Å². The first-order chi connectivity index (χ1) is 6.86. The van der Waals surface area contributed by atoms with E-state index in [1.807, 2.05) is 0 Å². The van der Waals surface area contributed by atoms with Crippen molar-refractivity contribution in [1.82, 2.24) is 10.2 Å². The van der Waals surface area contributed by atoms with Crippen LogP contribution in [0.1, 0.15) is 32.6 Å². The Morgan fingerprint density at radius 1 is 1.43 bits per heavy atom. The molecule has 0 radical (unpaired) electrons. The van der Waals surface area contributed by atoms with E-state index in [2.05, 4.69) is 23.1 Å². The highest BCUT2D eigenvalue weighted by Gasteiger charge is 2.13. The Kier molecular flexibility index (Phi) is 5.66. The van der Waals surface area contributed by atoms with E-state index < -0.39 is 0 Å². The molecule has 1 saturated heterocycles. The monoisotopic (exact) mass is 194 g/mol. The molecule has 80 valence electrons. The van der Waals surface area contributed by atoms with Gasteiger partial charge in [0.1, 0.15) is 0 Å². The lowest BCUT2D eigenvalue weighted by Crippen LogP contribution is -2.40. The van der Waals surface area contributed by atoms with Crippen LogP contribution in [-0.4, -0.2) is 37.1 Å². The van der Waals surface area contributed by atoms with Crippen molar-refractivity contribution in [1.29, 1.82) is 0 Å². The SMILES string of the molecule is C#CCN(CC)CC1CCCCCN1. The van der Waals surface area contributed by atoms with Crippen LogP contribution in [0.4, 0.5) is 0 Å². The van der Waals surface area contributed by atoms with Gasteiger partial charge in [-0.1, -0.05) is 25.7 Å². The van der Waals surface area contributed by atoms with E-state index in [1.165, 1.54) is 32.2 Å². The van der Waals surface area contributed by atoms with Crippen molar-refractivity contribution in [3.8, 4) is 12.3 Å². The van der Waals surface area contributed by atoms with Gasteiger partial charge in [-0.15, -0.1) is 6.42 Å². The first-order valence-electron chi connectivity index (χ1n) is 5.76. The Balaban J connectivity index is 2.28. The van der Waals surface area contributed by atoms with Crippen LogP contribution in [0.5, 0.6) is 0 Å². The van der Waals surface area contributed by atoms with Crippen LogP contribution in [0.15, 0.2) is 0 Å². The van der Waals surface area contributed by atoms with Crippen LogP contribution in [0.25, 0.3) is 0 Å². The molecule has 0 aromatic rings. The second-order valence-corrected chi connectivity index (χ2v) is 4.03. The van der Waals surface area contributed by atoms with Crippen LogP contribution in [0.2, 0.25) is 0 Å². The summed E-state index contributed by atoms with van der Waals surface area (Å²) >= 11 is 0. The van der Waals surface area contributed by atoms with E-state index in [0.29, 0.717) is 6.04 Å². The number of nitrogens with one attached hydrogen (secondary N) is 1. The second kappa shape index (κ2) is 6.86. The summed E-state index contributed by atoms with van der Waals surface area (Å²) in [5.74, 6) is 2.72. The lowest BCUT2D eigenvalue weighted by atomic mass is 10.1. The van der Waals surface area contributed by atoms with Gasteiger partial charge in [0.05, 0.1) is 6.54 Å². The lowest BCUT2D eigenvalue weighted by molar-refractivity contribution is 0.276. The summed E-state index contributed by atoms with van der Waals surface area (Å²) in [5, 5.41) is 3.59. The van der Waals surface area contributed by atoms with Crippen molar-refractivity contribution in [2.45, 2.75) is 38.6 Å². The zero-order valence-electron chi connectivity index (χ0n) is 9.26. The summed E-state index contributed by atoms with van der Waals surface area (Å²) in [6, 6.07) is 0.658. The van der Waals surface area contributed by atoms with Crippen molar-refractivity contribution >= 4 is 0 Å². The van der Waals surface area contributed by atoms with Gasteiger partial charge in [-0.25, -0.2) is 0 Å². The average molecular weight is 194 g/mol. The summed E-state index contributed by atoms with van der Waals surface area (Å²) in [4.78, 5) is 2.34. The van der Waals surface area contributed by atoms with Gasteiger partial charge in [0.2, 0.25) is 0 Å². The quantitative estimate of drug-likeness (QED) is 0.682. The molecule has 2 heteroatoms. The minimum absolute atomic E-state index is 0.658. The van der Waals surface area contributed by atoms with Crippen LogP contribution in [0.3, 0.4) is 0 Å². The van der Waals surface area contributed by atoms with Gasteiger partial charge in [-0.2, -0.15) is 0 Å². The highest BCUT2D eigenvalue weighted by atomic mass is 15.1. The molecular formula is C12H22N2. The number of likely N-dealkylation sites (N-methyl/N-ethyl adjacent to an activating group) is 1. The molecule has 0 aliphatic carbocycles. The molecule has 0 saturated carbocycles. The van der Waals surface area contributed by atoms with E-state index in [4.69, 9.17) is 6.42 Å². The fourth-order valence-corrected chi connectivity index (χ4v) is 2.00. The minimum atomic E-state index is 0.658. The van der Waals surface area contributed by atoms with Gasteiger partial charge in [-0.3, -0.25) is 4.90 Å². The zero-order chi connectivity index (χ0) is 10.2. The number of nitrogens with zero attached hydrogens (tertiary/aromatic N) is 1. The third-order valence-corrected chi connectivity index (χ3v) is 2.90. The number of terminal acetylenes is 1. The molecular weight excluding hydrogens is 172 g/mol. The normalized spacial score (nSPS) is 23.1. The standard InChI is InChI=1S/C12H22N2/c1-3-10-14(4-2)11-12-8-6-5-7-9-13-12/h1,12-13H,4-11H2,2H3. The summed E-state index contributed by atoms with van der Waals surface area (Å²) in [6.45, 7) is 6.31. The summed E-state index contributed by atoms with van der Waals surface area (Å²) in [5.41, 5.74) is 0. The maximum atomic E-state index is 5.33. The zero-order valence-corrected chi connectivity index (χ0v) is 9.26. The summed E-state index contributed by atoms with van der Waals surface area (Å²) < 4.78 is 0. The smallest absolute Gasteiger partial charge is 0.0599 e. The van der Waals surface area contributed by atoms with E-state index in [1.54, 1.807) is 0 Å². The third-order valence-electron chi connectivity index (χ3n) is 2.90. The Labute approximate surface area is 88.1 Å². The molecule has 1 N–H and O–H groups in total. The maximum absolute atomic E-state index is 5.33. The van der Waals surface area contributed by atoms with E-state index in [9.17, 15) is 0 Å². The molecule has 1 atom stereocenters. The Hall–Kier alpha value is -0.520. The summed E-state index contributed by atoms with van der Waals surface area (Å²) in [7, 11) is 0. The van der Waals surface area contributed by atoms with E-state index >= 15 is 0 Å². The van der Waals surface area contributed by atoms with Gasteiger partial charge >= 0.3 is 0 Å². The highest BCUT2D eigenvalue weighted by Crippen LogP contribution is 2.09. The molecule has 0 aromatic carbocycles. The number of rotatable bonds is 4.